The molecule has 4 nitrogen and oxygen atoms in total. The molecule has 0 amide bonds. The monoisotopic (exact) mass is 476 g/mol. The summed E-state index contributed by atoms with van der Waals surface area (Å²) in [6.07, 6.45) is 0.0482. The lowest BCUT2D eigenvalue weighted by atomic mass is 9.92. The molecule has 2 aliphatic rings. The van der Waals surface area contributed by atoms with E-state index >= 15 is 0 Å². The Hall–Kier alpha value is -4.25. The number of nitrogens with zero attached hydrogens (tertiary/aromatic N) is 2. The fourth-order valence-electron chi connectivity index (χ4n) is 5.16. The number of hydrogen-bond acceptors (Lipinski definition) is 4. The van der Waals surface area contributed by atoms with Gasteiger partial charge in [0.25, 0.3) is 0 Å². The number of benzene rings is 4. The summed E-state index contributed by atoms with van der Waals surface area (Å²) in [6.45, 7) is 1.67. The lowest BCUT2D eigenvalue weighted by Gasteiger charge is -2.33. The van der Waals surface area contributed by atoms with Crippen molar-refractivity contribution < 1.29 is 13.9 Å². The molecule has 2 aliphatic heterocycles. The highest BCUT2D eigenvalue weighted by Gasteiger charge is 2.46. The number of hydrazone groups is 1. The van der Waals surface area contributed by atoms with Crippen molar-refractivity contribution in [1.29, 1.82) is 0 Å². The van der Waals surface area contributed by atoms with E-state index in [1.807, 2.05) is 89.9 Å². The number of halogens is 1. The predicted molar refractivity (Wildman–Crippen MR) is 138 cm³/mol. The summed E-state index contributed by atoms with van der Waals surface area (Å²) < 4.78 is 20.7. The van der Waals surface area contributed by atoms with Gasteiger partial charge in [-0.2, -0.15) is 5.10 Å². The number of hydrogen-bond donors (Lipinski definition) is 0. The second-order valence-corrected chi connectivity index (χ2v) is 9.27. The number of aryl methyl sites for hydroxylation is 1. The van der Waals surface area contributed by atoms with E-state index in [0.717, 1.165) is 28.2 Å². The van der Waals surface area contributed by atoms with Crippen molar-refractivity contribution in [3.05, 3.63) is 137 Å². The highest BCUT2D eigenvalue weighted by atomic mass is 19.1. The first kappa shape index (κ1) is 22.2. The molecule has 1 unspecified atom stereocenters. The van der Waals surface area contributed by atoms with Crippen molar-refractivity contribution in [1.82, 2.24) is 5.01 Å². The van der Waals surface area contributed by atoms with E-state index in [1.54, 1.807) is 19.1 Å². The number of fused-ring (bicyclic) bond motifs is 3. The van der Waals surface area contributed by atoms with Crippen LogP contribution in [-0.2, 0) is 0 Å². The molecule has 0 aliphatic carbocycles. The molecule has 36 heavy (non-hydrogen) atoms. The molecule has 3 atom stereocenters. The Bertz CT molecular complexity index is 1450. The molecule has 178 valence electrons. The molecule has 0 saturated heterocycles. The molecule has 6 rings (SSSR count). The standard InChI is InChI=1S/C31H25FN2O2/c1-20-18-23(16-17-25(20)32)30(35)29-31(22-12-6-3-7-13-22)36-28-15-9-8-14-24(28)27-19-26(33-34(27)29)21-10-4-2-5-11-21/h2-18,27,29,31H,19H2,1H3/t27?,29-,31-/m0/s1. The summed E-state index contributed by atoms with van der Waals surface area (Å²) in [5.74, 6) is 0.262. The molecule has 0 bridgehead atoms. The zero-order valence-electron chi connectivity index (χ0n) is 19.8. The number of carbonyl (C=O) groups excluding carboxylic acids is 1. The number of ether oxygens (including phenoxy) is 1. The summed E-state index contributed by atoms with van der Waals surface area (Å²) in [5, 5.41) is 6.98. The first-order chi connectivity index (χ1) is 17.6. The molecular formula is C31H25FN2O2. The molecule has 0 fully saturated rings. The fraction of sp³-hybridized carbons (Fsp3) is 0.161. The van der Waals surface area contributed by atoms with Crippen molar-refractivity contribution in [3.63, 3.8) is 0 Å². The Morgan fingerprint density at radius 1 is 0.917 bits per heavy atom. The van der Waals surface area contributed by atoms with E-state index in [2.05, 4.69) is 0 Å². The van der Waals surface area contributed by atoms with E-state index in [4.69, 9.17) is 9.84 Å². The van der Waals surface area contributed by atoms with E-state index in [9.17, 15) is 9.18 Å². The van der Waals surface area contributed by atoms with Crippen molar-refractivity contribution in [2.75, 3.05) is 0 Å². The van der Waals surface area contributed by atoms with Gasteiger partial charge < -0.3 is 4.74 Å². The van der Waals surface area contributed by atoms with E-state index in [-0.39, 0.29) is 17.6 Å². The molecule has 0 aromatic heterocycles. The lowest BCUT2D eigenvalue weighted by molar-refractivity contribution is 0.0488. The van der Waals surface area contributed by atoms with Crippen LogP contribution in [0.3, 0.4) is 0 Å². The van der Waals surface area contributed by atoms with Gasteiger partial charge in [0.2, 0.25) is 0 Å². The normalized spacial score (nSPS) is 20.6. The summed E-state index contributed by atoms with van der Waals surface area (Å²) in [6, 6.07) is 31.4. The maximum absolute atomic E-state index is 14.2. The molecule has 0 N–H and O–H groups in total. The van der Waals surface area contributed by atoms with E-state index < -0.39 is 12.1 Å². The summed E-state index contributed by atoms with van der Waals surface area (Å²) >= 11 is 0. The number of para-hydroxylation sites is 1. The minimum Gasteiger partial charge on any atom is -0.483 e. The predicted octanol–water partition coefficient (Wildman–Crippen LogP) is 6.67. The molecule has 0 saturated carbocycles. The maximum Gasteiger partial charge on any atom is 0.191 e. The van der Waals surface area contributed by atoms with Gasteiger partial charge in [-0.25, -0.2) is 4.39 Å². The average Bonchev–Trinajstić information content (AvgIpc) is 3.30. The van der Waals surface area contributed by atoms with Gasteiger partial charge in [0, 0.05) is 17.5 Å². The molecule has 4 aromatic rings. The fourth-order valence-corrected chi connectivity index (χ4v) is 5.16. The Kier molecular flexibility index (Phi) is 5.61. The van der Waals surface area contributed by atoms with Crippen molar-refractivity contribution in [3.8, 4) is 5.75 Å². The third kappa shape index (κ3) is 3.87. The van der Waals surface area contributed by atoms with Crippen LogP contribution in [0.4, 0.5) is 4.39 Å². The molecular weight excluding hydrogens is 451 g/mol. The van der Waals surface area contributed by atoms with Crippen LogP contribution in [0.2, 0.25) is 0 Å². The smallest absolute Gasteiger partial charge is 0.191 e. The van der Waals surface area contributed by atoms with Crippen LogP contribution in [0, 0.1) is 12.7 Å². The van der Waals surface area contributed by atoms with Crippen LogP contribution < -0.4 is 4.74 Å². The summed E-state index contributed by atoms with van der Waals surface area (Å²) in [5.41, 5.74) is 4.71. The Morgan fingerprint density at radius 3 is 2.36 bits per heavy atom. The molecule has 0 radical (unpaired) electrons. The van der Waals surface area contributed by atoms with Gasteiger partial charge in [0.15, 0.2) is 17.9 Å². The average molecular weight is 477 g/mol. The third-order valence-electron chi connectivity index (χ3n) is 6.99. The topological polar surface area (TPSA) is 41.9 Å². The maximum atomic E-state index is 14.2. The summed E-state index contributed by atoms with van der Waals surface area (Å²) in [7, 11) is 0. The first-order valence-electron chi connectivity index (χ1n) is 12.1. The zero-order valence-corrected chi connectivity index (χ0v) is 19.8. The van der Waals surface area contributed by atoms with Crippen LogP contribution in [0.25, 0.3) is 0 Å². The number of carbonyl (C=O) groups is 1. The third-order valence-corrected chi connectivity index (χ3v) is 6.99. The van der Waals surface area contributed by atoms with Crippen molar-refractivity contribution >= 4 is 11.5 Å². The molecule has 4 aromatic carbocycles. The SMILES string of the molecule is Cc1cc(C(=O)[C@H]2[C@H](c3ccccc3)Oc3ccccc3C3CC(c4ccccc4)=NN32)ccc1F. The van der Waals surface area contributed by atoms with Gasteiger partial charge in [0.05, 0.1) is 11.8 Å². The van der Waals surface area contributed by atoms with Gasteiger partial charge in [0.1, 0.15) is 11.6 Å². The highest BCUT2D eigenvalue weighted by molar-refractivity contribution is 6.04. The van der Waals surface area contributed by atoms with Gasteiger partial charge in [-0.05, 0) is 47.9 Å². The largest absolute Gasteiger partial charge is 0.483 e. The number of ketones is 1. The first-order valence-corrected chi connectivity index (χ1v) is 12.1. The molecule has 5 heteroatoms. The minimum atomic E-state index is -0.740. The minimum absolute atomic E-state index is 0.150. The van der Waals surface area contributed by atoms with E-state index in [0.29, 0.717) is 17.5 Å². The Morgan fingerprint density at radius 2 is 1.61 bits per heavy atom. The lowest BCUT2D eigenvalue weighted by Crippen LogP contribution is -2.43. The second-order valence-electron chi connectivity index (χ2n) is 9.27. The van der Waals surface area contributed by atoms with Gasteiger partial charge in [-0.3, -0.25) is 9.80 Å². The number of Topliss-reactive ketones (excluding diaryl/α,β-unsaturated/α-hetero) is 1. The van der Waals surface area contributed by atoms with Gasteiger partial charge in [-0.1, -0.05) is 78.9 Å². The van der Waals surface area contributed by atoms with Crippen molar-refractivity contribution in [2.24, 2.45) is 5.10 Å². The summed E-state index contributed by atoms with van der Waals surface area (Å²) in [4.78, 5) is 14.2. The zero-order chi connectivity index (χ0) is 24.6. The Balaban J connectivity index is 1.54. The Labute approximate surface area is 209 Å². The second kappa shape index (κ2) is 9.08. The quantitative estimate of drug-likeness (QED) is 0.309. The van der Waals surface area contributed by atoms with Crippen LogP contribution in [0.5, 0.6) is 5.75 Å². The van der Waals surface area contributed by atoms with Gasteiger partial charge in [-0.15, -0.1) is 0 Å². The molecule has 2 heterocycles. The van der Waals surface area contributed by atoms with Crippen LogP contribution in [0.15, 0.2) is 108 Å². The highest BCUT2D eigenvalue weighted by Crippen LogP contribution is 2.46. The van der Waals surface area contributed by atoms with Crippen molar-refractivity contribution in [2.45, 2.75) is 31.5 Å². The van der Waals surface area contributed by atoms with E-state index in [1.165, 1.54) is 6.07 Å². The van der Waals surface area contributed by atoms with Crippen LogP contribution in [-0.4, -0.2) is 22.5 Å². The number of rotatable bonds is 4. The van der Waals surface area contributed by atoms with Crippen LogP contribution in [0.1, 0.15) is 51.2 Å². The van der Waals surface area contributed by atoms with Gasteiger partial charge >= 0.3 is 0 Å². The molecule has 0 spiro atoms. The van der Waals surface area contributed by atoms with Crippen LogP contribution >= 0.6 is 0 Å².